The summed E-state index contributed by atoms with van der Waals surface area (Å²) in [6.45, 7) is 0. The van der Waals surface area contributed by atoms with E-state index >= 15 is 0 Å². The largest absolute Gasteiger partial charge is 0.289 e. The Morgan fingerprint density at radius 1 is 1.04 bits per heavy atom. The molecule has 0 saturated carbocycles. The van der Waals surface area contributed by atoms with Crippen LogP contribution in [0, 0.1) is 10.1 Å². The Morgan fingerprint density at radius 2 is 1.75 bits per heavy atom. The molecule has 8 nitrogen and oxygen atoms in total. The summed E-state index contributed by atoms with van der Waals surface area (Å²) in [6.07, 6.45) is 3.39. The first kappa shape index (κ1) is 15.7. The van der Waals surface area contributed by atoms with Crippen molar-refractivity contribution in [2.45, 2.75) is 4.90 Å². The number of anilines is 1. The van der Waals surface area contributed by atoms with Gasteiger partial charge in [-0.15, -0.1) is 0 Å². The second kappa shape index (κ2) is 6.13. The van der Waals surface area contributed by atoms with Gasteiger partial charge in [-0.05, 0) is 36.4 Å². The van der Waals surface area contributed by atoms with E-state index in [0.29, 0.717) is 5.69 Å². The molecular weight excluding hydrogens is 332 g/mol. The molecule has 3 aromatic rings. The summed E-state index contributed by atoms with van der Waals surface area (Å²) in [7, 11) is -4.07. The van der Waals surface area contributed by atoms with Gasteiger partial charge in [0.05, 0.1) is 10.6 Å². The van der Waals surface area contributed by atoms with Gasteiger partial charge in [0, 0.05) is 24.1 Å². The number of nitro benzene ring substituents is 1. The zero-order valence-corrected chi connectivity index (χ0v) is 13.1. The van der Waals surface area contributed by atoms with Gasteiger partial charge in [-0.2, -0.15) is 5.10 Å². The third-order valence-electron chi connectivity index (χ3n) is 3.24. The third kappa shape index (κ3) is 3.10. The monoisotopic (exact) mass is 344 g/mol. The van der Waals surface area contributed by atoms with E-state index in [0.717, 1.165) is 11.8 Å². The minimum atomic E-state index is -4.07. The quantitative estimate of drug-likeness (QED) is 0.565. The number of nitro groups is 1. The molecule has 0 aliphatic heterocycles. The lowest BCUT2D eigenvalue weighted by molar-refractivity contribution is -0.387. The van der Waals surface area contributed by atoms with Crippen molar-refractivity contribution in [2.24, 2.45) is 0 Å². The lowest BCUT2D eigenvalue weighted by atomic mass is 10.3. The molecule has 1 N–H and O–H groups in total. The standard InChI is InChI=1S/C15H12N4O4S/c20-19(21)14-4-1-2-5-15(14)24(22,23)17-12-6-8-13(9-7-12)18-11-3-10-16-18/h1-11,17H. The molecule has 0 unspecified atom stereocenters. The normalized spacial score (nSPS) is 11.2. The summed E-state index contributed by atoms with van der Waals surface area (Å²) in [5, 5.41) is 15.1. The predicted molar refractivity (Wildman–Crippen MR) is 87.5 cm³/mol. The zero-order chi connectivity index (χ0) is 17.2. The number of hydrogen-bond donors (Lipinski definition) is 1. The van der Waals surface area contributed by atoms with Crippen molar-refractivity contribution in [2.75, 3.05) is 4.72 Å². The van der Waals surface area contributed by atoms with E-state index in [1.54, 1.807) is 47.4 Å². The van der Waals surface area contributed by atoms with Gasteiger partial charge in [0.25, 0.3) is 15.7 Å². The molecule has 2 aromatic carbocycles. The number of nitrogens with zero attached hydrogens (tertiary/aromatic N) is 3. The minimum Gasteiger partial charge on any atom is -0.279 e. The van der Waals surface area contributed by atoms with E-state index in [-0.39, 0.29) is 4.90 Å². The Kier molecular flexibility index (Phi) is 4.00. The van der Waals surface area contributed by atoms with Gasteiger partial charge in [-0.25, -0.2) is 13.1 Å². The van der Waals surface area contributed by atoms with Gasteiger partial charge in [0.1, 0.15) is 0 Å². The summed E-state index contributed by atoms with van der Waals surface area (Å²) >= 11 is 0. The Labute approximate surface area is 137 Å². The molecule has 3 rings (SSSR count). The number of hydrogen-bond acceptors (Lipinski definition) is 5. The van der Waals surface area contributed by atoms with E-state index in [1.165, 1.54) is 18.2 Å². The molecule has 9 heteroatoms. The first-order valence-corrected chi connectivity index (χ1v) is 8.32. The molecule has 1 aromatic heterocycles. The van der Waals surface area contributed by atoms with Crippen LogP contribution >= 0.6 is 0 Å². The Balaban J connectivity index is 1.89. The SMILES string of the molecule is O=[N+]([O-])c1ccccc1S(=O)(=O)Nc1ccc(-n2cccn2)cc1. The van der Waals surface area contributed by atoms with Crippen molar-refractivity contribution < 1.29 is 13.3 Å². The lowest BCUT2D eigenvalue weighted by Crippen LogP contribution is -2.14. The highest BCUT2D eigenvalue weighted by atomic mass is 32.2. The van der Waals surface area contributed by atoms with Crippen molar-refractivity contribution in [1.29, 1.82) is 0 Å². The van der Waals surface area contributed by atoms with E-state index in [2.05, 4.69) is 9.82 Å². The van der Waals surface area contributed by atoms with Crippen LogP contribution in [-0.4, -0.2) is 23.1 Å². The van der Waals surface area contributed by atoms with E-state index in [9.17, 15) is 18.5 Å². The molecular formula is C15H12N4O4S. The predicted octanol–water partition coefficient (Wildman–Crippen LogP) is 2.58. The summed E-state index contributed by atoms with van der Waals surface area (Å²) < 4.78 is 28.8. The van der Waals surface area contributed by atoms with Gasteiger partial charge in [0.15, 0.2) is 4.90 Å². The first-order chi connectivity index (χ1) is 11.5. The molecule has 0 aliphatic carbocycles. The Morgan fingerprint density at radius 3 is 2.38 bits per heavy atom. The molecule has 0 saturated heterocycles. The van der Waals surface area contributed by atoms with Crippen LogP contribution in [0.3, 0.4) is 0 Å². The van der Waals surface area contributed by atoms with Crippen LogP contribution in [0.1, 0.15) is 0 Å². The van der Waals surface area contributed by atoms with Crippen LogP contribution in [0.25, 0.3) is 5.69 Å². The van der Waals surface area contributed by atoms with Crippen LogP contribution < -0.4 is 4.72 Å². The van der Waals surface area contributed by atoms with Gasteiger partial charge in [-0.3, -0.25) is 14.8 Å². The van der Waals surface area contributed by atoms with Crippen molar-refractivity contribution in [3.63, 3.8) is 0 Å². The van der Waals surface area contributed by atoms with Crippen molar-refractivity contribution in [3.8, 4) is 5.69 Å². The van der Waals surface area contributed by atoms with Crippen LogP contribution in [0.2, 0.25) is 0 Å². The topological polar surface area (TPSA) is 107 Å². The molecule has 0 fully saturated rings. The highest BCUT2D eigenvalue weighted by Crippen LogP contribution is 2.25. The van der Waals surface area contributed by atoms with Gasteiger partial charge < -0.3 is 0 Å². The average molecular weight is 344 g/mol. The zero-order valence-electron chi connectivity index (χ0n) is 12.2. The van der Waals surface area contributed by atoms with E-state index in [1.807, 2.05) is 0 Å². The van der Waals surface area contributed by atoms with Gasteiger partial charge in [0.2, 0.25) is 0 Å². The first-order valence-electron chi connectivity index (χ1n) is 6.84. The second-order valence-corrected chi connectivity index (χ2v) is 6.48. The number of nitrogens with one attached hydrogen (secondary N) is 1. The second-order valence-electron chi connectivity index (χ2n) is 4.83. The summed E-state index contributed by atoms with van der Waals surface area (Å²) in [6, 6.07) is 13.4. The van der Waals surface area contributed by atoms with Crippen LogP contribution in [0.4, 0.5) is 11.4 Å². The maximum atomic E-state index is 12.4. The summed E-state index contributed by atoms with van der Waals surface area (Å²) in [5.74, 6) is 0. The average Bonchev–Trinajstić information content (AvgIpc) is 3.10. The number of rotatable bonds is 5. The fourth-order valence-electron chi connectivity index (χ4n) is 2.15. The van der Waals surface area contributed by atoms with Crippen molar-refractivity contribution in [1.82, 2.24) is 9.78 Å². The number of benzene rings is 2. The molecule has 122 valence electrons. The van der Waals surface area contributed by atoms with Gasteiger partial charge >= 0.3 is 0 Å². The van der Waals surface area contributed by atoms with Gasteiger partial charge in [-0.1, -0.05) is 12.1 Å². The van der Waals surface area contributed by atoms with Crippen LogP contribution in [0.15, 0.2) is 71.9 Å². The fraction of sp³-hybridized carbons (Fsp3) is 0. The maximum absolute atomic E-state index is 12.4. The fourth-order valence-corrected chi connectivity index (χ4v) is 3.38. The van der Waals surface area contributed by atoms with E-state index < -0.39 is 20.6 Å². The molecule has 0 spiro atoms. The molecule has 24 heavy (non-hydrogen) atoms. The van der Waals surface area contributed by atoms with Crippen molar-refractivity contribution in [3.05, 3.63) is 77.1 Å². The summed E-state index contributed by atoms with van der Waals surface area (Å²) in [4.78, 5) is 9.89. The van der Waals surface area contributed by atoms with E-state index in [4.69, 9.17) is 0 Å². The molecule has 0 radical (unpaired) electrons. The molecule has 0 atom stereocenters. The number of para-hydroxylation sites is 1. The number of sulfonamides is 1. The third-order valence-corrected chi connectivity index (χ3v) is 4.67. The maximum Gasteiger partial charge on any atom is 0.289 e. The minimum absolute atomic E-state index is 0.295. The molecule has 0 bridgehead atoms. The Hall–Kier alpha value is -3.20. The molecule has 0 aliphatic rings. The highest BCUT2D eigenvalue weighted by molar-refractivity contribution is 7.92. The Bertz CT molecular complexity index is 967. The van der Waals surface area contributed by atoms with Crippen LogP contribution in [0.5, 0.6) is 0 Å². The van der Waals surface area contributed by atoms with Crippen molar-refractivity contribution >= 4 is 21.4 Å². The number of aromatic nitrogens is 2. The smallest absolute Gasteiger partial charge is 0.279 e. The molecule has 0 amide bonds. The van der Waals surface area contributed by atoms with Crippen LogP contribution in [-0.2, 0) is 10.0 Å². The lowest BCUT2D eigenvalue weighted by Gasteiger charge is -2.09. The summed E-state index contributed by atoms with van der Waals surface area (Å²) in [5.41, 5.74) is 0.579. The molecule has 1 heterocycles. The highest BCUT2D eigenvalue weighted by Gasteiger charge is 2.25.